The highest BCUT2D eigenvalue weighted by Crippen LogP contribution is 2.26. The lowest BCUT2D eigenvalue weighted by molar-refractivity contribution is 0.432. The maximum absolute atomic E-state index is 12.1. The van der Waals surface area contributed by atoms with Gasteiger partial charge in [0.2, 0.25) is 0 Å². The number of anilines is 2. The normalized spacial score (nSPS) is 11.4. The van der Waals surface area contributed by atoms with Crippen molar-refractivity contribution in [3.05, 3.63) is 88.5 Å². The van der Waals surface area contributed by atoms with Crippen molar-refractivity contribution < 1.29 is 9.52 Å². The van der Waals surface area contributed by atoms with Gasteiger partial charge >= 0.3 is 5.63 Å². The van der Waals surface area contributed by atoms with Gasteiger partial charge < -0.3 is 9.52 Å². The molecule has 1 aromatic heterocycles. The Balaban J connectivity index is 2.12. The third kappa shape index (κ3) is 3.61. The number of rotatable bonds is 4. The van der Waals surface area contributed by atoms with E-state index in [-0.39, 0.29) is 11.3 Å². The SMILES string of the molecule is C/C(=N\N(c1ccccc1)c1ccccc1)c1c(O)cc(C)oc1=O. The summed E-state index contributed by atoms with van der Waals surface area (Å²) in [5.41, 5.74) is 1.48. The van der Waals surface area contributed by atoms with E-state index in [1.807, 2.05) is 60.7 Å². The van der Waals surface area contributed by atoms with Gasteiger partial charge in [-0.15, -0.1) is 0 Å². The Hall–Kier alpha value is -3.34. The Kier molecular flexibility index (Phi) is 4.66. The number of hydrazone groups is 1. The van der Waals surface area contributed by atoms with Crippen LogP contribution in [0.3, 0.4) is 0 Å². The molecule has 0 fully saturated rings. The molecule has 3 rings (SSSR count). The molecule has 0 bridgehead atoms. The summed E-state index contributed by atoms with van der Waals surface area (Å²) in [4.78, 5) is 12.1. The number of hydrogen-bond donors (Lipinski definition) is 1. The monoisotopic (exact) mass is 334 g/mol. The van der Waals surface area contributed by atoms with Crippen molar-refractivity contribution in [3.63, 3.8) is 0 Å². The van der Waals surface area contributed by atoms with Crippen molar-refractivity contribution in [1.82, 2.24) is 0 Å². The Bertz CT molecular complexity index is 908. The first-order valence-corrected chi connectivity index (χ1v) is 7.86. The fraction of sp³-hybridized carbons (Fsp3) is 0.100. The molecule has 0 saturated carbocycles. The number of aromatic hydroxyl groups is 1. The van der Waals surface area contributed by atoms with Crippen LogP contribution in [-0.4, -0.2) is 10.8 Å². The van der Waals surface area contributed by atoms with Gasteiger partial charge in [-0.3, -0.25) is 0 Å². The zero-order chi connectivity index (χ0) is 17.8. The van der Waals surface area contributed by atoms with Crippen LogP contribution in [0.1, 0.15) is 18.2 Å². The molecule has 0 aliphatic rings. The minimum absolute atomic E-state index is 0.0578. The van der Waals surface area contributed by atoms with Crippen LogP contribution in [0, 0.1) is 6.92 Å². The average molecular weight is 334 g/mol. The Morgan fingerprint density at radius 1 is 1.00 bits per heavy atom. The lowest BCUT2D eigenvalue weighted by Crippen LogP contribution is -2.18. The van der Waals surface area contributed by atoms with Crippen molar-refractivity contribution in [2.75, 3.05) is 5.01 Å². The summed E-state index contributed by atoms with van der Waals surface area (Å²) in [6.07, 6.45) is 0. The van der Waals surface area contributed by atoms with Crippen LogP contribution in [0.15, 0.2) is 81.0 Å². The largest absolute Gasteiger partial charge is 0.507 e. The van der Waals surface area contributed by atoms with Crippen LogP contribution < -0.4 is 10.6 Å². The molecule has 1 N–H and O–H groups in total. The first kappa shape index (κ1) is 16.5. The van der Waals surface area contributed by atoms with Crippen LogP contribution >= 0.6 is 0 Å². The fourth-order valence-corrected chi connectivity index (χ4v) is 2.53. The summed E-state index contributed by atoms with van der Waals surface area (Å²) in [6.45, 7) is 3.28. The van der Waals surface area contributed by atoms with Crippen molar-refractivity contribution in [2.45, 2.75) is 13.8 Å². The van der Waals surface area contributed by atoms with E-state index < -0.39 is 5.63 Å². The third-order valence-electron chi connectivity index (χ3n) is 3.67. The summed E-state index contributed by atoms with van der Waals surface area (Å²) in [7, 11) is 0. The van der Waals surface area contributed by atoms with E-state index in [4.69, 9.17) is 4.42 Å². The molecule has 25 heavy (non-hydrogen) atoms. The highest BCUT2D eigenvalue weighted by Gasteiger charge is 2.15. The summed E-state index contributed by atoms with van der Waals surface area (Å²) < 4.78 is 5.09. The standard InChI is InChI=1S/C20H18N2O3/c1-14-13-18(23)19(20(24)25-14)15(2)21-22(16-9-5-3-6-10-16)17-11-7-4-8-12-17/h3-13,23H,1-2H3/b21-15+. The molecule has 2 aromatic carbocycles. The molecule has 0 saturated heterocycles. The van der Waals surface area contributed by atoms with Crippen molar-refractivity contribution >= 4 is 17.1 Å². The zero-order valence-electron chi connectivity index (χ0n) is 14.0. The van der Waals surface area contributed by atoms with Crippen LogP contribution in [0.5, 0.6) is 5.75 Å². The smallest absolute Gasteiger partial charge is 0.348 e. The topological polar surface area (TPSA) is 66.0 Å². The number of hydrogen-bond acceptors (Lipinski definition) is 5. The lowest BCUT2D eigenvalue weighted by Gasteiger charge is -2.20. The average Bonchev–Trinajstić information content (AvgIpc) is 2.60. The summed E-state index contributed by atoms with van der Waals surface area (Å²) in [5, 5.41) is 16.4. The van der Waals surface area contributed by atoms with Crippen LogP contribution in [0.25, 0.3) is 0 Å². The molecule has 0 aliphatic heterocycles. The Morgan fingerprint density at radius 3 is 2.00 bits per heavy atom. The van der Waals surface area contributed by atoms with Gasteiger partial charge in [0.15, 0.2) is 0 Å². The predicted molar refractivity (Wildman–Crippen MR) is 98.6 cm³/mol. The van der Waals surface area contributed by atoms with E-state index >= 15 is 0 Å². The molecule has 0 aliphatic carbocycles. The van der Waals surface area contributed by atoms with Gasteiger partial charge in [-0.05, 0) is 38.1 Å². The highest BCUT2D eigenvalue weighted by molar-refractivity contribution is 6.01. The quantitative estimate of drug-likeness (QED) is 0.573. The molecule has 0 atom stereocenters. The maximum Gasteiger partial charge on any atom is 0.348 e. The van der Waals surface area contributed by atoms with Gasteiger partial charge in [0.05, 0.1) is 17.1 Å². The van der Waals surface area contributed by atoms with Gasteiger partial charge in [0.1, 0.15) is 17.1 Å². The van der Waals surface area contributed by atoms with Crippen LogP contribution in [-0.2, 0) is 0 Å². The van der Waals surface area contributed by atoms with Gasteiger partial charge in [0.25, 0.3) is 0 Å². The van der Waals surface area contributed by atoms with E-state index in [0.717, 1.165) is 11.4 Å². The molecule has 1 heterocycles. The molecule has 126 valence electrons. The molecule has 5 nitrogen and oxygen atoms in total. The van der Waals surface area contributed by atoms with E-state index in [1.54, 1.807) is 18.9 Å². The van der Waals surface area contributed by atoms with Crippen molar-refractivity contribution in [3.8, 4) is 5.75 Å². The van der Waals surface area contributed by atoms with Gasteiger partial charge in [-0.25, -0.2) is 9.80 Å². The molecular weight excluding hydrogens is 316 g/mol. The Morgan fingerprint density at radius 2 is 1.52 bits per heavy atom. The number of aryl methyl sites for hydroxylation is 1. The molecular formula is C20H18N2O3. The van der Waals surface area contributed by atoms with Gasteiger partial charge in [0, 0.05) is 6.07 Å². The lowest BCUT2D eigenvalue weighted by atomic mass is 10.2. The summed E-state index contributed by atoms with van der Waals surface area (Å²) in [6, 6.07) is 20.6. The number of para-hydroxylation sites is 2. The Labute approximate surface area is 145 Å². The first-order chi connectivity index (χ1) is 12.1. The second kappa shape index (κ2) is 7.05. The maximum atomic E-state index is 12.1. The minimum Gasteiger partial charge on any atom is -0.507 e. The third-order valence-corrected chi connectivity index (χ3v) is 3.67. The second-order valence-electron chi connectivity index (χ2n) is 5.57. The predicted octanol–water partition coefficient (Wildman–Crippen LogP) is 4.22. The van der Waals surface area contributed by atoms with E-state index in [9.17, 15) is 9.90 Å². The van der Waals surface area contributed by atoms with E-state index in [2.05, 4.69) is 5.10 Å². The zero-order valence-corrected chi connectivity index (χ0v) is 14.0. The van der Waals surface area contributed by atoms with E-state index in [1.165, 1.54) is 6.07 Å². The minimum atomic E-state index is -0.611. The summed E-state index contributed by atoms with van der Waals surface area (Å²) >= 11 is 0. The molecule has 3 aromatic rings. The molecule has 5 heteroatoms. The highest BCUT2D eigenvalue weighted by atomic mass is 16.4. The van der Waals surface area contributed by atoms with Crippen molar-refractivity contribution in [2.24, 2.45) is 5.10 Å². The molecule has 0 amide bonds. The van der Waals surface area contributed by atoms with Crippen LogP contribution in [0.2, 0.25) is 0 Å². The first-order valence-electron chi connectivity index (χ1n) is 7.86. The number of benzene rings is 2. The van der Waals surface area contributed by atoms with E-state index in [0.29, 0.717) is 11.5 Å². The number of nitrogens with zero attached hydrogens (tertiary/aromatic N) is 2. The molecule has 0 spiro atoms. The molecule has 0 unspecified atom stereocenters. The molecule has 0 radical (unpaired) electrons. The fourth-order valence-electron chi connectivity index (χ4n) is 2.53. The van der Waals surface area contributed by atoms with Gasteiger partial charge in [-0.2, -0.15) is 5.10 Å². The summed E-state index contributed by atoms with van der Waals surface area (Å²) in [5.74, 6) is 0.207. The van der Waals surface area contributed by atoms with Crippen LogP contribution in [0.4, 0.5) is 11.4 Å². The second-order valence-corrected chi connectivity index (χ2v) is 5.57. The van der Waals surface area contributed by atoms with Gasteiger partial charge in [-0.1, -0.05) is 36.4 Å². The van der Waals surface area contributed by atoms with Crippen molar-refractivity contribution in [1.29, 1.82) is 0 Å².